The summed E-state index contributed by atoms with van der Waals surface area (Å²) in [7, 11) is -3.05. The van der Waals surface area contributed by atoms with Crippen molar-refractivity contribution in [3.8, 4) is 0 Å². The summed E-state index contributed by atoms with van der Waals surface area (Å²) in [5, 5.41) is 2.62. The number of thiophene rings is 1. The average Bonchev–Trinajstić information content (AvgIpc) is 3.13. The average molecular weight is 414 g/mol. The Kier molecular flexibility index (Phi) is 5.68. The third-order valence-electron chi connectivity index (χ3n) is 5.44. The lowest BCUT2D eigenvalue weighted by Crippen LogP contribution is -2.38. The highest BCUT2D eigenvalue weighted by Gasteiger charge is 2.31. The number of amides is 1. The predicted octanol–water partition coefficient (Wildman–Crippen LogP) is 2.36. The van der Waals surface area contributed by atoms with Crippen molar-refractivity contribution < 1.29 is 22.7 Å². The second-order valence-corrected chi connectivity index (χ2v) is 12.0. The van der Waals surface area contributed by atoms with Crippen molar-refractivity contribution in [2.24, 2.45) is 11.3 Å². The minimum atomic E-state index is -3.05. The van der Waals surface area contributed by atoms with Gasteiger partial charge in [0.15, 0.2) is 16.4 Å². The molecule has 1 aromatic rings. The van der Waals surface area contributed by atoms with E-state index in [1.165, 1.54) is 21.8 Å². The van der Waals surface area contributed by atoms with E-state index in [9.17, 15) is 18.0 Å². The number of carbonyl (C=O) groups is 2. The molecule has 8 heteroatoms. The van der Waals surface area contributed by atoms with Gasteiger partial charge in [-0.25, -0.2) is 13.2 Å². The smallest absolute Gasteiger partial charge is 0.348 e. The first-order valence-corrected chi connectivity index (χ1v) is 12.0. The molecule has 1 saturated heterocycles. The summed E-state index contributed by atoms with van der Waals surface area (Å²) >= 11 is 1.45. The van der Waals surface area contributed by atoms with Crippen molar-refractivity contribution >= 4 is 33.1 Å². The van der Waals surface area contributed by atoms with Gasteiger partial charge in [0.2, 0.25) is 0 Å². The van der Waals surface area contributed by atoms with Crippen LogP contribution in [-0.2, 0) is 32.2 Å². The van der Waals surface area contributed by atoms with Crippen LogP contribution in [0.15, 0.2) is 6.07 Å². The van der Waals surface area contributed by atoms with Crippen molar-refractivity contribution in [3.63, 3.8) is 0 Å². The summed E-state index contributed by atoms with van der Waals surface area (Å²) in [6.07, 6.45) is 3.48. The van der Waals surface area contributed by atoms with Crippen LogP contribution in [0.2, 0.25) is 0 Å². The van der Waals surface area contributed by atoms with Crippen LogP contribution in [0.4, 0.5) is 0 Å². The van der Waals surface area contributed by atoms with E-state index in [1.54, 1.807) is 0 Å². The number of hydrogen-bond acceptors (Lipinski definition) is 6. The maximum Gasteiger partial charge on any atom is 0.348 e. The molecule has 150 valence electrons. The molecule has 1 fully saturated rings. The van der Waals surface area contributed by atoms with Gasteiger partial charge < -0.3 is 10.1 Å². The standard InChI is InChI=1S/C19H27NO5S2/c1-19(2,3)13-4-5-15-12(8-13)9-16(26-15)18(22)25-10-17(21)20-14-6-7-27(23,24)11-14/h9,13-14H,4-8,10-11H2,1-3H3,(H,20,21)/t13-,14-/m0/s1. The summed E-state index contributed by atoms with van der Waals surface area (Å²) in [6.45, 7) is 6.36. The normalized spacial score (nSPS) is 24.3. The van der Waals surface area contributed by atoms with E-state index >= 15 is 0 Å². The zero-order valence-corrected chi connectivity index (χ0v) is 17.7. The second-order valence-electron chi connectivity index (χ2n) is 8.61. The molecule has 1 aliphatic heterocycles. The van der Waals surface area contributed by atoms with Gasteiger partial charge in [-0.3, -0.25) is 4.79 Å². The van der Waals surface area contributed by atoms with Crippen molar-refractivity contribution in [3.05, 3.63) is 21.4 Å². The number of aryl methyl sites for hydroxylation is 1. The van der Waals surface area contributed by atoms with Gasteiger partial charge in [0, 0.05) is 10.9 Å². The minimum Gasteiger partial charge on any atom is -0.451 e. The van der Waals surface area contributed by atoms with Crippen molar-refractivity contribution in [1.82, 2.24) is 5.32 Å². The Morgan fingerprint density at radius 3 is 2.67 bits per heavy atom. The van der Waals surface area contributed by atoms with Gasteiger partial charge in [-0.1, -0.05) is 20.8 Å². The van der Waals surface area contributed by atoms with Crippen LogP contribution in [0.1, 0.15) is 53.7 Å². The van der Waals surface area contributed by atoms with Gasteiger partial charge in [-0.15, -0.1) is 11.3 Å². The van der Waals surface area contributed by atoms with E-state index in [0.29, 0.717) is 17.2 Å². The Morgan fingerprint density at radius 1 is 1.30 bits per heavy atom. The number of fused-ring (bicyclic) bond motifs is 1. The number of rotatable bonds is 4. The van der Waals surface area contributed by atoms with Crippen LogP contribution < -0.4 is 5.32 Å². The van der Waals surface area contributed by atoms with E-state index < -0.39 is 21.7 Å². The number of carbonyl (C=O) groups excluding carboxylic acids is 2. The Morgan fingerprint density at radius 2 is 2.04 bits per heavy atom. The number of nitrogens with one attached hydrogen (secondary N) is 1. The SMILES string of the molecule is CC(C)(C)[C@H]1CCc2sc(C(=O)OCC(=O)N[C@H]3CCS(=O)(=O)C3)cc2C1. The van der Waals surface area contributed by atoms with Gasteiger partial charge in [-0.2, -0.15) is 0 Å². The summed E-state index contributed by atoms with van der Waals surface area (Å²) in [5.41, 5.74) is 1.46. The predicted molar refractivity (Wildman–Crippen MR) is 105 cm³/mol. The molecule has 1 amide bonds. The fraction of sp³-hybridized carbons (Fsp3) is 0.684. The topological polar surface area (TPSA) is 89.5 Å². The van der Waals surface area contributed by atoms with Crippen molar-refractivity contribution in [2.75, 3.05) is 18.1 Å². The largest absolute Gasteiger partial charge is 0.451 e. The number of hydrogen-bond donors (Lipinski definition) is 1. The highest BCUT2D eigenvalue weighted by molar-refractivity contribution is 7.91. The van der Waals surface area contributed by atoms with Gasteiger partial charge >= 0.3 is 5.97 Å². The molecule has 2 heterocycles. The molecule has 2 aliphatic rings. The van der Waals surface area contributed by atoms with E-state index in [-0.39, 0.29) is 29.6 Å². The van der Waals surface area contributed by atoms with Crippen molar-refractivity contribution in [1.29, 1.82) is 0 Å². The Labute approximate surface area is 164 Å². The molecular formula is C19H27NO5S2. The third kappa shape index (κ3) is 5.10. The fourth-order valence-corrected chi connectivity index (χ4v) is 6.52. The van der Waals surface area contributed by atoms with E-state index in [0.717, 1.165) is 19.3 Å². The summed E-state index contributed by atoms with van der Waals surface area (Å²) in [6, 6.07) is 1.52. The van der Waals surface area contributed by atoms with Gasteiger partial charge in [0.25, 0.3) is 5.91 Å². The molecule has 0 saturated carbocycles. The van der Waals surface area contributed by atoms with E-state index in [2.05, 4.69) is 26.1 Å². The number of esters is 1. The van der Waals surface area contributed by atoms with Crippen molar-refractivity contribution in [2.45, 2.75) is 52.5 Å². The summed E-state index contributed by atoms with van der Waals surface area (Å²) in [4.78, 5) is 26.0. The molecule has 3 rings (SSSR count). The molecule has 0 aromatic carbocycles. The fourth-order valence-electron chi connectivity index (χ4n) is 3.74. The molecule has 2 atom stereocenters. The molecule has 1 aromatic heterocycles. The van der Waals surface area contributed by atoms with E-state index in [4.69, 9.17) is 4.74 Å². The molecule has 0 bridgehead atoms. The summed E-state index contributed by atoms with van der Waals surface area (Å²) in [5.74, 6) is -0.305. The Bertz CT molecular complexity index is 835. The molecule has 0 radical (unpaired) electrons. The maximum absolute atomic E-state index is 12.3. The monoisotopic (exact) mass is 413 g/mol. The van der Waals surface area contributed by atoms with Crippen LogP contribution in [0.5, 0.6) is 0 Å². The summed E-state index contributed by atoms with van der Waals surface area (Å²) < 4.78 is 28.0. The molecule has 1 aliphatic carbocycles. The number of ether oxygens (including phenoxy) is 1. The first-order chi connectivity index (χ1) is 12.5. The van der Waals surface area contributed by atoms with E-state index in [1.807, 2.05) is 6.07 Å². The third-order valence-corrected chi connectivity index (χ3v) is 8.43. The first kappa shape index (κ1) is 20.3. The molecule has 27 heavy (non-hydrogen) atoms. The van der Waals surface area contributed by atoms with Gasteiger partial charge in [0.1, 0.15) is 4.88 Å². The molecule has 0 unspecified atom stereocenters. The highest BCUT2D eigenvalue weighted by atomic mass is 32.2. The van der Waals surface area contributed by atoms with Crippen LogP contribution in [0, 0.1) is 11.3 Å². The second kappa shape index (κ2) is 7.54. The first-order valence-electron chi connectivity index (χ1n) is 9.32. The molecular weight excluding hydrogens is 386 g/mol. The Balaban J connectivity index is 1.52. The van der Waals surface area contributed by atoms with Crippen LogP contribution in [-0.4, -0.2) is 44.4 Å². The number of sulfone groups is 1. The van der Waals surface area contributed by atoms with Crippen LogP contribution >= 0.6 is 11.3 Å². The molecule has 1 N–H and O–H groups in total. The van der Waals surface area contributed by atoms with Gasteiger partial charge in [-0.05, 0) is 48.6 Å². The lowest BCUT2D eigenvalue weighted by Gasteiger charge is -2.33. The van der Waals surface area contributed by atoms with Gasteiger partial charge in [0.05, 0.1) is 11.5 Å². The zero-order valence-electron chi connectivity index (χ0n) is 16.0. The lowest BCUT2D eigenvalue weighted by atomic mass is 9.72. The lowest BCUT2D eigenvalue weighted by molar-refractivity contribution is -0.124. The zero-order chi connectivity index (χ0) is 19.8. The minimum absolute atomic E-state index is 0.0424. The Hall–Kier alpha value is -1.41. The maximum atomic E-state index is 12.3. The van der Waals surface area contributed by atoms with Crippen LogP contribution in [0.25, 0.3) is 0 Å². The molecule has 6 nitrogen and oxygen atoms in total. The quantitative estimate of drug-likeness (QED) is 0.766. The van der Waals surface area contributed by atoms with Crippen LogP contribution in [0.3, 0.4) is 0 Å². The highest BCUT2D eigenvalue weighted by Crippen LogP contribution is 2.40. The molecule has 0 spiro atoms.